The highest BCUT2D eigenvalue weighted by atomic mass is 79.9. The van der Waals surface area contributed by atoms with E-state index in [2.05, 4.69) is 31.6 Å². The number of ether oxygens (including phenoxy) is 1. The van der Waals surface area contributed by atoms with Crippen LogP contribution in [0.25, 0.3) is 0 Å². The van der Waals surface area contributed by atoms with Crippen LogP contribution >= 0.6 is 15.9 Å². The monoisotopic (exact) mass is 350 g/mol. The second-order valence-corrected chi connectivity index (χ2v) is 5.77. The normalized spacial score (nSPS) is 12.2. The summed E-state index contributed by atoms with van der Waals surface area (Å²) in [6.45, 7) is 3.86. The molecule has 0 aliphatic heterocycles. The quantitative estimate of drug-likeness (QED) is 0.640. The molecule has 0 amide bonds. The number of aryl methyl sites for hydroxylation is 2. The van der Waals surface area contributed by atoms with Gasteiger partial charge in [0.15, 0.2) is 0 Å². The van der Waals surface area contributed by atoms with E-state index < -0.39 is 0 Å². The molecule has 0 fully saturated rings. The van der Waals surface area contributed by atoms with E-state index in [0.29, 0.717) is 0 Å². The minimum absolute atomic E-state index is 0.0144. The molecule has 2 rings (SSSR count). The first-order valence-electron chi connectivity index (χ1n) is 6.64. The highest BCUT2D eigenvalue weighted by Gasteiger charge is 2.15. The summed E-state index contributed by atoms with van der Waals surface area (Å²) in [4.78, 5) is 0. The van der Waals surface area contributed by atoms with E-state index in [1.807, 2.05) is 38.1 Å². The zero-order valence-corrected chi connectivity index (χ0v) is 13.9. The first-order valence-corrected chi connectivity index (χ1v) is 7.43. The van der Waals surface area contributed by atoms with Crippen LogP contribution in [0, 0.1) is 13.8 Å². The summed E-state index contributed by atoms with van der Waals surface area (Å²) in [5.41, 5.74) is 6.85. The molecule has 0 aliphatic carbocycles. The molecule has 0 saturated heterocycles. The summed E-state index contributed by atoms with van der Waals surface area (Å²) in [6, 6.07) is 8.02. The fourth-order valence-electron chi connectivity index (χ4n) is 2.25. The lowest BCUT2D eigenvalue weighted by atomic mass is 9.98. The van der Waals surface area contributed by atoms with Gasteiger partial charge in [-0.1, -0.05) is 6.07 Å². The molecule has 1 aromatic heterocycles. The van der Waals surface area contributed by atoms with Gasteiger partial charge in [-0.25, -0.2) is 0 Å². The van der Waals surface area contributed by atoms with Crippen molar-refractivity contribution in [3.05, 3.63) is 51.3 Å². The number of nitrogens with two attached hydrogens (primary N) is 1. The van der Waals surface area contributed by atoms with Gasteiger partial charge in [0.25, 0.3) is 0 Å². The maximum absolute atomic E-state index is 5.73. The Kier molecular flexibility index (Phi) is 5.27. The van der Waals surface area contributed by atoms with Crippen LogP contribution in [0.4, 0.5) is 0 Å². The van der Waals surface area contributed by atoms with Gasteiger partial charge in [-0.05, 0) is 65.5 Å². The van der Waals surface area contributed by atoms with Gasteiger partial charge >= 0.3 is 0 Å². The number of hydrogen-bond acceptors (Lipinski definition) is 5. The van der Waals surface area contributed by atoms with Crippen LogP contribution in [0.5, 0.6) is 5.75 Å². The van der Waals surface area contributed by atoms with Crippen LogP contribution in [-0.2, 0) is 6.42 Å². The topological polar surface area (TPSA) is 73.1 Å². The van der Waals surface area contributed by atoms with Crippen molar-refractivity contribution in [2.24, 2.45) is 5.84 Å². The lowest BCUT2D eigenvalue weighted by molar-refractivity contribution is 0.412. The van der Waals surface area contributed by atoms with Crippen LogP contribution in [0.15, 0.2) is 28.7 Å². The number of hydrogen-bond donors (Lipinski definition) is 2. The average molecular weight is 351 g/mol. The van der Waals surface area contributed by atoms with E-state index in [1.165, 1.54) is 0 Å². The van der Waals surface area contributed by atoms with Crippen LogP contribution in [0.2, 0.25) is 0 Å². The van der Waals surface area contributed by atoms with Crippen LogP contribution < -0.4 is 16.0 Å². The molecular formula is C15H19BrN4O. The van der Waals surface area contributed by atoms with Crippen LogP contribution in [-0.4, -0.2) is 17.3 Å². The third-order valence-electron chi connectivity index (χ3n) is 3.37. The fraction of sp³-hybridized carbons (Fsp3) is 0.333. The lowest BCUT2D eigenvalue weighted by Gasteiger charge is -2.18. The second-order valence-electron chi connectivity index (χ2n) is 4.92. The third kappa shape index (κ3) is 3.78. The molecule has 3 N–H and O–H groups in total. The summed E-state index contributed by atoms with van der Waals surface area (Å²) < 4.78 is 6.17. The molecule has 0 bridgehead atoms. The Morgan fingerprint density at radius 3 is 2.67 bits per heavy atom. The molecule has 1 aromatic carbocycles. The largest absolute Gasteiger partial charge is 0.496 e. The Labute approximate surface area is 133 Å². The maximum atomic E-state index is 5.73. The molecule has 6 heteroatoms. The van der Waals surface area contributed by atoms with Crippen molar-refractivity contribution >= 4 is 15.9 Å². The fourth-order valence-corrected chi connectivity index (χ4v) is 2.84. The third-order valence-corrected chi connectivity index (χ3v) is 3.99. The number of halogens is 1. The van der Waals surface area contributed by atoms with Gasteiger partial charge in [-0.2, -0.15) is 10.2 Å². The Bertz CT molecular complexity index is 633. The van der Waals surface area contributed by atoms with Gasteiger partial charge in [0, 0.05) is 0 Å². The Morgan fingerprint density at radius 2 is 2.05 bits per heavy atom. The van der Waals surface area contributed by atoms with E-state index in [9.17, 15) is 0 Å². The van der Waals surface area contributed by atoms with E-state index in [-0.39, 0.29) is 6.04 Å². The molecule has 1 unspecified atom stereocenters. The average Bonchev–Trinajstić information content (AvgIpc) is 2.47. The second kappa shape index (κ2) is 6.98. The van der Waals surface area contributed by atoms with Gasteiger partial charge < -0.3 is 4.74 Å². The number of rotatable bonds is 5. The molecule has 21 heavy (non-hydrogen) atoms. The molecule has 0 spiro atoms. The summed E-state index contributed by atoms with van der Waals surface area (Å²) in [5, 5.41) is 8.22. The van der Waals surface area contributed by atoms with Crippen LogP contribution in [0.3, 0.4) is 0 Å². The molecule has 1 atom stereocenters. The zero-order chi connectivity index (χ0) is 15.4. The number of methoxy groups -OCH3 is 1. The Hall–Kier alpha value is -1.50. The zero-order valence-electron chi connectivity index (χ0n) is 12.4. The minimum Gasteiger partial charge on any atom is -0.496 e. The first-order chi connectivity index (χ1) is 10.0. The van der Waals surface area contributed by atoms with Crippen molar-refractivity contribution in [1.29, 1.82) is 0 Å². The number of nitrogens with one attached hydrogen (secondary N) is 1. The first kappa shape index (κ1) is 15.9. The maximum Gasteiger partial charge on any atom is 0.133 e. The van der Waals surface area contributed by atoms with Crippen molar-refractivity contribution in [3.63, 3.8) is 0 Å². The van der Waals surface area contributed by atoms with Crippen molar-refractivity contribution in [2.75, 3.05) is 7.11 Å². The predicted octanol–water partition coefficient (Wildman–Crippen LogP) is 2.61. The molecule has 0 radical (unpaired) electrons. The Balaban J connectivity index is 2.26. The summed E-state index contributed by atoms with van der Waals surface area (Å²) in [6.07, 6.45) is 0.755. The predicted molar refractivity (Wildman–Crippen MR) is 86.0 cm³/mol. The van der Waals surface area contributed by atoms with E-state index in [0.717, 1.165) is 39.2 Å². The van der Waals surface area contributed by atoms with Gasteiger partial charge in [0.05, 0.1) is 29.0 Å². The number of nitrogens with zero attached hydrogens (tertiary/aromatic N) is 2. The van der Waals surface area contributed by atoms with Gasteiger partial charge in [0.2, 0.25) is 0 Å². The van der Waals surface area contributed by atoms with Gasteiger partial charge in [-0.3, -0.25) is 11.3 Å². The standard InChI is InChI=1S/C15H19BrN4O/c1-9-6-12(10(2)20-19-9)14(18-17)8-11-4-5-15(21-3)13(16)7-11/h4-7,14,18H,8,17H2,1-3H3. The van der Waals surface area contributed by atoms with Gasteiger partial charge in [-0.15, -0.1) is 0 Å². The molecule has 5 nitrogen and oxygen atoms in total. The van der Waals surface area contributed by atoms with Crippen molar-refractivity contribution < 1.29 is 4.74 Å². The highest BCUT2D eigenvalue weighted by molar-refractivity contribution is 9.10. The number of hydrazine groups is 1. The number of aromatic nitrogens is 2. The smallest absolute Gasteiger partial charge is 0.133 e. The van der Waals surface area contributed by atoms with E-state index in [4.69, 9.17) is 10.6 Å². The number of benzene rings is 1. The molecule has 0 aliphatic rings. The van der Waals surface area contributed by atoms with E-state index >= 15 is 0 Å². The Morgan fingerprint density at radius 1 is 1.29 bits per heavy atom. The SMILES string of the molecule is COc1ccc(CC(NN)c2cc(C)nnc2C)cc1Br. The summed E-state index contributed by atoms with van der Waals surface area (Å²) in [5.74, 6) is 6.54. The highest BCUT2D eigenvalue weighted by Crippen LogP contribution is 2.28. The summed E-state index contributed by atoms with van der Waals surface area (Å²) >= 11 is 3.50. The van der Waals surface area contributed by atoms with Gasteiger partial charge in [0.1, 0.15) is 5.75 Å². The summed E-state index contributed by atoms with van der Waals surface area (Å²) in [7, 11) is 1.65. The molecule has 1 heterocycles. The molecule has 2 aromatic rings. The molecule has 112 valence electrons. The van der Waals surface area contributed by atoms with Crippen molar-refractivity contribution in [3.8, 4) is 5.75 Å². The minimum atomic E-state index is -0.0144. The van der Waals surface area contributed by atoms with Crippen molar-refractivity contribution in [2.45, 2.75) is 26.3 Å². The van der Waals surface area contributed by atoms with E-state index in [1.54, 1.807) is 7.11 Å². The van der Waals surface area contributed by atoms with Crippen molar-refractivity contribution in [1.82, 2.24) is 15.6 Å². The van der Waals surface area contributed by atoms with Crippen LogP contribution in [0.1, 0.15) is 28.6 Å². The molecule has 0 saturated carbocycles. The molecular weight excluding hydrogens is 332 g/mol. The lowest BCUT2D eigenvalue weighted by Crippen LogP contribution is -2.30.